The smallest absolute Gasteiger partial charge is 0.193 e. The number of nitrogens with zero attached hydrogens (tertiary/aromatic N) is 3. The highest BCUT2D eigenvalue weighted by Crippen LogP contribution is 2.23. The first-order valence-electron chi connectivity index (χ1n) is 10.3. The Kier molecular flexibility index (Phi) is 10.9. The molecule has 1 aromatic carbocycles. The van der Waals surface area contributed by atoms with Crippen molar-refractivity contribution in [2.75, 3.05) is 52.1 Å². The third-order valence-corrected chi connectivity index (χ3v) is 8.03. The van der Waals surface area contributed by atoms with E-state index in [0.717, 1.165) is 36.9 Å². The molecule has 0 bridgehead atoms. The van der Waals surface area contributed by atoms with Gasteiger partial charge in [0.1, 0.15) is 12.4 Å². The molecule has 1 aliphatic rings. The van der Waals surface area contributed by atoms with Gasteiger partial charge < -0.3 is 19.9 Å². The lowest BCUT2D eigenvalue weighted by atomic mass is 10.2. The Labute approximate surface area is 199 Å². The van der Waals surface area contributed by atoms with E-state index in [-0.39, 0.29) is 29.7 Å². The third kappa shape index (κ3) is 7.26. The van der Waals surface area contributed by atoms with Crippen molar-refractivity contribution in [3.63, 3.8) is 0 Å². The fraction of sp³-hybridized carbons (Fsp3) is 0.667. The van der Waals surface area contributed by atoms with Crippen molar-refractivity contribution in [1.29, 1.82) is 0 Å². The summed E-state index contributed by atoms with van der Waals surface area (Å²) in [7, 11) is -1.34. The maximum Gasteiger partial charge on any atom is 0.193 e. The van der Waals surface area contributed by atoms with E-state index >= 15 is 0 Å². The van der Waals surface area contributed by atoms with Crippen LogP contribution in [0.25, 0.3) is 0 Å². The summed E-state index contributed by atoms with van der Waals surface area (Å²) in [4.78, 5) is 8.69. The molecule has 0 amide bonds. The monoisotopic (exact) mass is 552 g/mol. The molecule has 1 aliphatic heterocycles. The molecule has 1 N–H and O–H groups in total. The molecular formula is C21H37IN4O3S. The molecule has 0 aliphatic carbocycles. The van der Waals surface area contributed by atoms with Crippen LogP contribution in [0.1, 0.15) is 33.3 Å². The van der Waals surface area contributed by atoms with E-state index in [1.807, 2.05) is 29.2 Å². The molecule has 1 heterocycles. The van der Waals surface area contributed by atoms with E-state index in [2.05, 4.69) is 29.1 Å². The summed E-state index contributed by atoms with van der Waals surface area (Å²) in [6.45, 7) is 13.1. The first-order chi connectivity index (χ1) is 13.7. The third-order valence-electron chi connectivity index (χ3n) is 5.50. The standard InChI is InChI=1S/C21H36N4O3S.HI/c1-6-24(7-2)12-14-28-19-10-8-18(9-11-19)16-23-20(22-5)25-13-15-29(26,27)21(3,4)17-25;/h8-11H,6-7,12-17H2,1-5H3,(H,22,23);1H. The van der Waals surface area contributed by atoms with E-state index in [1.165, 1.54) is 0 Å². The van der Waals surface area contributed by atoms with E-state index in [0.29, 0.717) is 26.2 Å². The van der Waals surface area contributed by atoms with Gasteiger partial charge in [-0.1, -0.05) is 26.0 Å². The SMILES string of the molecule is CCN(CC)CCOc1ccc(CNC(=NC)N2CCS(=O)(=O)C(C)(C)C2)cc1.I. The predicted octanol–water partition coefficient (Wildman–Crippen LogP) is 2.61. The normalized spacial score (nSPS) is 18.1. The molecule has 1 saturated heterocycles. The van der Waals surface area contributed by atoms with Gasteiger partial charge in [-0.2, -0.15) is 0 Å². The number of hydrogen-bond acceptors (Lipinski definition) is 5. The van der Waals surface area contributed by atoms with Gasteiger partial charge in [0.2, 0.25) is 0 Å². The van der Waals surface area contributed by atoms with Gasteiger partial charge in [-0.3, -0.25) is 4.99 Å². The Hall–Kier alpha value is -1.07. The number of hydrogen-bond donors (Lipinski definition) is 1. The summed E-state index contributed by atoms with van der Waals surface area (Å²) in [6, 6.07) is 8.05. The van der Waals surface area contributed by atoms with Crippen LogP contribution in [0.15, 0.2) is 29.3 Å². The topological polar surface area (TPSA) is 74.2 Å². The largest absolute Gasteiger partial charge is 0.492 e. The lowest BCUT2D eigenvalue weighted by molar-refractivity contribution is 0.223. The summed E-state index contributed by atoms with van der Waals surface area (Å²) in [5, 5.41) is 3.35. The summed E-state index contributed by atoms with van der Waals surface area (Å²) in [5.41, 5.74) is 1.12. The van der Waals surface area contributed by atoms with Crippen LogP contribution < -0.4 is 10.1 Å². The van der Waals surface area contributed by atoms with Crippen molar-refractivity contribution in [3.05, 3.63) is 29.8 Å². The zero-order chi connectivity index (χ0) is 21.5. The quantitative estimate of drug-likeness (QED) is 0.304. The van der Waals surface area contributed by atoms with Crippen molar-refractivity contribution >= 4 is 39.8 Å². The van der Waals surface area contributed by atoms with Crippen molar-refractivity contribution in [2.45, 2.75) is 39.0 Å². The van der Waals surface area contributed by atoms with Gasteiger partial charge in [-0.05, 0) is 44.6 Å². The van der Waals surface area contributed by atoms with Crippen molar-refractivity contribution in [2.24, 2.45) is 4.99 Å². The Morgan fingerprint density at radius 2 is 1.87 bits per heavy atom. The molecule has 2 rings (SSSR count). The molecule has 0 saturated carbocycles. The van der Waals surface area contributed by atoms with Crippen LogP contribution in [-0.2, 0) is 16.4 Å². The first kappa shape index (κ1) is 27.0. The predicted molar refractivity (Wildman–Crippen MR) is 135 cm³/mol. The molecule has 9 heteroatoms. The number of nitrogens with one attached hydrogen (secondary N) is 1. The van der Waals surface area contributed by atoms with Gasteiger partial charge in [0.25, 0.3) is 0 Å². The highest BCUT2D eigenvalue weighted by Gasteiger charge is 2.40. The van der Waals surface area contributed by atoms with Crippen molar-refractivity contribution in [1.82, 2.24) is 15.1 Å². The van der Waals surface area contributed by atoms with Crippen LogP contribution in [-0.4, -0.2) is 81.1 Å². The molecule has 1 aromatic rings. The molecule has 1 fully saturated rings. The Morgan fingerprint density at radius 1 is 1.23 bits per heavy atom. The summed E-state index contributed by atoms with van der Waals surface area (Å²) in [5.74, 6) is 1.75. The van der Waals surface area contributed by atoms with Gasteiger partial charge in [0.05, 0.1) is 10.5 Å². The van der Waals surface area contributed by atoms with Gasteiger partial charge in [-0.15, -0.1) is 24.0 Å². The molecule has 172 valence electrons. The number of halogens is 1. The van der Waals surface area contributed by atoms with Crippen molar-refractivity contribution in [3.8, 4) is 5.75 Å². The van der Waals surface area contributed by atoms with Crippen molar-refractivity contribution < 1.29 is 13.2 Å². The van der Waals surface area contributed by atoms with Crippen LogP contribution in [0, 0.1) is 0 Å². The minimum atomic E-state index is -3.07. The molecule has 7 nitrogen and oxygen atoms in total. The Morgan fingerprint density at radius 3 is 2.40 bits per heavy atom. The fourth-order valence-electron chi connectivity index (χ4n) is 3.37. The average molecular weight is 553 g/mol. The molecule has 0 unspecified atom stereocenters. The van der Waals surface area contributed by atoms with Crippen LogP contribution >= 0.6 is 24.0 Å². The lowest BCUT2D eigenvalue weighted by Crippen LogP contribution is -2.57. The summed E-state index contributed by atoms with van der Waals surface area (Å²) < 4.78 is 29.5. The van der Waals surface area contributed by atoms with E-state index in [1.54, 1.807) is 20.9 Å². The van der Waals surface area contributed by atoms with Gasteiger partial charge in [0.15, 0.2) is 15.8 Å². The molecule has 0 aromatic heterocycles. The summed E-state index contributed by atoms with van der Waals surface area (Å²) in [6.07, 6.45) is 0. The maximum atomic E-state index is 12.2. The van der Waals surface area contributed by atoms with E-state index in [4.69, 9.17) is 4.74 Å². The number of rotatable bonds is 8. The lowest BCUT2D eigenvalue weighted by Gasteiger charge is -2.39. The zero-order valence-electron chi connectivity index (χ0n) is 18.8. The van der Waals surface area contributed by atoms with E-state index < -0.39 is 14.6 Å². The molecule has 0 radical (unpaired) electrons. The minimum absolute atomic E-state index is 0. The highest BCUT2D eigenvalue weighted by molar-refractivity contribution is 14.0. The van der Waals surface area contributed by atoms with Crippen LogP contribution in [0.5, 0.6) is 5.75 Å². The second-order valence-electron chi connectivity index (χ2n) is 7.92. The fourth-order valence-corrected chi connectivity index (χ4v) is 4.74. The van der Waals surface area contributed by atoms with Gasteiger partial charge in [0, 0.05) is 33.2 Å². The Balaban J connectivity index is 0.00000450. The number of guanidine groups is 1. The van der Waals surface area contributed by atoms with E-state index in [9.17, 15) is 8.42 Å². The Bertz CT molecular complexity index is 778. The number of benzene rings is 1. The second kappa shape index (κ2) is 12.1. The number of ether oxygens (including phenoxy) is 1. The summed E-state index contributed by atoms with van der Waals surface area (Å²) >= 11 is 0. The number of aliphatic imine (C=N–C) groups is 1. The van der Waals surface area contributed by atoms with Crippen LogP contribution in [0.3, 0.4) is 0 Å². The highest BCUT2D eigenvalue weighted by atomic mass is 127. The minimum Gasteiger partial charge on any atom is -0.492 e. The zero-order valence-corrected chi connectivity index (χ0v) is 22.0. The van der Waals surface area contributed by atoms with Crippen LogP contribution in [0.2, 0.25) is 0 Å². The molecule has 0 spiro atoms. The molecule has 0 atom stereocenters. The first-order valence-corrected chi connectivity index (χ1v) is 12.0. The van der Waals surface area contributed by atoms with Crippen LogP contribution in [0.4, 0.5) is 0 Å². The van der Waals surface area contributed by atoms with Gasteiger partial charge >= 0.3 is 0 Å². The molecule has 30 heavy (non-hydrogen) atoms. The van der Waals surface area contributed by atoms with Gasteiger partial charge in [-0.25, -0.2) is 8.42 Å². The second-order valence-corrected chi connectivity index (χ2v) is 10.7. The molecular weight excluding hydrogens is 515 g/mol. The number of likely N-dealkylation sites (N-methyl/N-ethyl adjacent to an activating group) is 1. The average Bonchev–Trinajstić information content (AvgIpc) is 2.69. The maximum absolute atomic E-state index is 12.2. The number of sulfone groups is 1.